The molecule has 0 fully saturated rings. The fourth-order valence-electron chi connectivity index (χ4n) is 1.37. The van der Waals surface area contributed by atoms with Crippen LogP contribution in [0.2, 0.25) is 0 Å². The second-order valence-corrected chi connectivity index (χ2v) is 3.60. The Bertz CT molecular complexity index is 321. The van der Waals surface area contributed by atoms with Crippen molar-refractivity contribution in [2.24, 2.45) is 10.8 Å². The fourth-order valence-corrected chi connectivity index (χ4v) is 1.37. The van der Waals surface area contributed by atoms with Crippen LogP contribution in [0.5, 0.6) is 0 Å². The van der Waals surface area contributed by atoms with Gasteiger partial charge < -0.3 is 4.90 Å². The summed E-state index contributed by atoms with van der Waals surface area (Å²) in [6.45, 7) is 2.94. The summed E-state index contributed by atoms with van der Waals surface area (Å²) in [6, 6.07) is 10.0. The number of unbranched alkanes of at least 4 members (excludes halogenated alkanes) is 1. The lowest BCUT2D eigenvalue weighted by atomic mass is 10.3. The normalized spacial score (nSPS) is 11.3. The molecule has 0 aliphatic rings. The van der Waals surface area contributed by atoms with Crippen LogP contribution < -0.4 is 16.2 Å². The molecule has 0 aliphatic heterocycles. The minimum absolute atomic E-state index is 0.694. The predicted octanol–water partition coefficient (Wildman–Crippen LogP) is 1.74. The maximum absolute atomic E-state index is 5.47. The van der Waals surface area contributed by atoms with Crippen LogP contribution in [-0.2, 0) is 0 Å². The molecule has 0 saturated heterocycles. The van der Waals surface area contributed by atoms with Crippen molar-refractivity contribution in [3.8, 4) is 0 Å². The molecule has 1 aromatic carbocycles. The van der Waals surface area contributed by atoms with Crippen molar-refractivity contribution < 1.29 is 0 Å². The maximum atomic E-state index is 5.47. The van der Waals surface area contributed by atoms with Crippen LogP contribution in [0.25, 0.3) is 0 Å². The first-order valence-electron chi connectivity index (χ1n) is 5.59. The van der Waals surface area contributed by atoms with Crippen LogP contribution in [0.15, 0.2) is 35.3 Å². The van der Waals surface area contributed by atoms with Crippen LogP contribution in [0.4, 0.5) is 5.69 Å². The number of rotatable bonds is 4. The lowest BCUT2D eigenvalue weighted by Gasteiger charge is -2.20. The molecule has 3 N–H and O–H groups in total. The third kappa shape index (κ3) is 3.55. The molecule has 0 bridgehead atoms. The van der Waals surface area contributed by atoms with Gasteiger partial charge in [0.1, 0.15) is 0 Å². The van der Waals surface area contributed by atoms with Crippen LogP contribution in [0, 0.1) is 0 Å². The maximum Gasteiger partial charge on any atom is 0.212 e. The first kappa shape index (κ1) is 12.5. The number of anilines is 1. The molecule has 0 radical (unpaired) electrons. The van der Waals surface area contributed by atoms with Gasteiger partial charge in [0.15, 0.2) is 0 Å². The molecule has 4 heteroatoms. The van der Waals surface area contributed by atoms with E-state index in [1.165, 1.54) is 0 Å². The van der Waals surface area contributed by atoms with Crippen molar-refractivity contribution in [2.75, 3.05) is 18.5 Å². The Hall–Kier alpha value is -1.55. The average Bonchev–Trinajstić information content (AvgIpc) is 2.35. The van der Waals surface area contributed by atoms with Gasteiger partial charge in [-0.15, -0.1) is 0 Å². The van der Waals surface area contributed by atoms with E-state index < -0.39 is 0 Å². The zero-order chi connectivity index (χ0) is 11.8. The van der Waals surface area contributed by atoms with Gasteiger partial charge in [0.2, 0.25) is 5.96 Å². The van der Waals surface area contributed by atoms with Gasteiger partial charge in [0.05, 0.1) is 0 Å². The molecule has 16 heavy (non-hydrogen) atoms. The van der Waals surface area contributed by atoms with Crippen LogP contribution >= 0.6 is 0 Å². The fraction of sp³-hybridized carbons (Fsp3) is 0.417. The van der Waals surface area contributed by atoms with Crippen molar-refractivity contribution in [1.82, 2.24) is 5.43 Å². The van der Waals surface area contributed by atoms with Gasteiger partial charge in [-0.1, -0.05) is 31.5 Å². The third-order valence-electron chi connectivity index (χ3n) is 2.36. The summed E-state index contributed by atoms with van der Waals surface area (Å²) in [5.74, 6) is 6.16. The Kier molecular flexibility index (Phi) is 5.36. The van der Waals surface area contributed by atoms with E-state index in [0.29, 0.717) is 5.96 Å². The Morgan fingerprint density at radius 1 is 1.38 bits per heavy atom. The zero-order valence-corrected chi connectivity index (χ0v) is 9.98. The molecule has 0 heterocycles. The van der Waals surface area contributed by atoms with Gasteiger partial charge in [-0.25, -0.2) is 5.84 Å². The molecule has 0 aromatic heterocycles. The summed E-state index contributed by atoms with van der Waals surface area (Å²) in [4.78, 5) is 6.35. The summed E-state index contributed by atoms with van der Waals surface area (Å²) in [5, 5.41) is 0. The summed E-state index contributed by atoms with van der Waals surface area (Å²) in [6.07, 6.45) is 2.21. The van der Waals surface area contributed by atoms with E-state index in [1.54, 1.807) is 0 Å². The second-order valence-electron chi connectivity index (χ2n) is 3.60. The van der Waals surface area contributed by atoms with E-state index in [2.05, 4.69) is 17.3 Å². The van der Waals surface area contributed by atoms with E-state index in [-0.39, 0.29) is 0 Å². The molecule has 0 aliphatic carbocycles. The first-order chi connectivity index (χ1) is 7.79. The SMILES string of the molecule is CCCCN=C(NN)N(C)c1ccccc1. The number of para-hydroxylation sites is 1. The molecule has 0 spiro atoms. The van der Waals surface area contributed by atoms with Gasteiger partial charge in [-0.3, -0.25) is 10.4 Å². The molecular formula is C12H20N4. The lowest BCUT2D eigenvalue weighted by Crippen LogP contribution is -2.43. The summed E-state index contributed by atoms with van der Waals surface area (Å²) in [7, 11) is 1.94. The molecule has 88 valence electrons. The van der Waals surface area contributed by atoms with Crippen molar-refractivity contribution in [2.45, 2.75) is 19.8 Å². The minimum atomic E-state index is 0.694. The molecule has 4 nitrogen and oxygen atoms in total. The molecule has 0 atom stereocenters. The van der Waals surface area contributed by atoms with Gasteiger partial charge in [0.25, 0.3) is 0 Å². The molecule has 0 unspecified atom stereocenters. The van der Waals surface area contributed by atoms with Gasteiger partial charge in [-0.2, -0.15) is 0 Å². The van der Waals surface area contributed by atoms with Crippen molar-refractivity contribution in [1.29, 1.82) is 0 Å². The number of benzene rings is 1. The van der Waals surface area contributed by atoms with E-state index >= 15 is 0 Å². The monoisotopic (exact) mass is 220 g/mol. The summed E-state index contributed by atoms with van der Waals surface area (Å²) >= 11 is 0. The highest BCUT2D eigenvalue weighted by molar-refractivity contribution is 5.95. The summed E-state index contributed by atoms with van der Waals surface area (Å²) in [5.41, 5.74) is 3.70. The zero-order valence-electron chi connectivity index (χ0n) is 9.98. The highest BCUT2D eigenvalue weighted by Gasteiger charge is 2.05. The standard InChI is InChI=1S/C12H20N4/c1-3-4-10-14-12(15-13)16(2)11-8-6-5-7-9-11/h5-9H,3-4,10,13H2,1-2H3,(H,14,15). The Balaban J connectivity index is 2.69. The molecular weight excluding hydrogens is 200 g/mol. The molecule has 0 amide bonds. The highest BCUT2D eigenvalue weighted by Crippen LogP contribution is 2.10. The molecule has 1 rings (SSSR count). The Morgan fingerprint density at radius 2 is 2.06 bits per heavy atom. The third-order valence-corrected chi connectivity index (χ3v) is 2.36. The van der Waals surface area contributed by atoms with Crippen molar-refractivity contribution in [3.05, 3.63) is 30.3 Å². The number of nitrogens with one attached hydrogen (secondary N) is 1. The second kappa shape index (κ2) is 6.85. The first-order valence-corrected chi connectivity index (χ1v) is 5.59. The average molecular weight is 220 g/mol. The van der Waals surface area contributed by atoms with Gasteiger partial charge in [0, 0.05) is 19.3 Å². The van der Waals surface area contributed by atoms with Crippen molar-refractivity contribution in [3.63, 3.8) is 0 Å². The molecule has 1 aromatic rings. The topological polar surface area (TPSA) is 53.6 Å². The molecule has 0 saturated carbocycles. The summed E-state index contributed by atoms with van der Waals surface area (Å²) < 4.78 is 0. The predicted molar refractivity (Wildman–Crippen MR) is 69.4 cm³/mol. The van der Waals surface area contributed by atoms with E-state index in [9.17, 15) is 0 Å². The van der Waals surface area contributed by atoms with Crippen LogP contribution in [-0.4, -0.2) is 19.6 Å². The van der Waals surface area contributed by atoms with Gasteiger partial charge >= 0.3 is 0 Å². The number of hydrogen-bond acceptors (Lipinski definition) is 2. The quantitative estimate of drug-likeness (QED) is 0.267. The Labute approximate surface area is 97.1 Å². The number of hydrazine groups is 1. The smallest absolute Gasteiger partial charge is 0.212 e. The van der Waals surface area contributed by atoms with E-state index in [0.717, 1.165) is 25.1 Å². The van der Waals surface area contributed by atoms with E-state index in [4.69, 9.17) is 5.84 Å². The van der Waals surface area contributed by atoms with E-state index in [1.807, 2.05) is 42.3 Å². The largest absolute Gasteiger partial charge is 0.315 e. The number of nitrogens with two attached hydrogens (primary N) is 1. The number of nitrogens with zero attached hydrogens (tertiary/aromatic N) is 2. The van der Waals surface area contributed by atoms with Crippen LogP contribution in [0.3, 0.4) is 0 Å². The van der Waals surface area contributed by atoms with Gasteiger partial charge in [-0.05, 0) is 18.6 Å². The Morgan fingerprint density at radius 3 is 2.62 bits per heavy atom. The lowest BCUT2D eigenvalue weighted by molar-refractivity contribution is 0.797. The number of aliphatic imine (C=N–C) groups is 1. The van der Waals surface area contributed by atoms with Crippen LogP contribution in [0.1, 0.15) is 19.8 Å². The minimum Gasteiger partial charge on any atom is -0.315 e. The van der Waals surface area contributed by atoms with Crippen molar-refractivity contribution >= 4 is 11.6 Å². The highest BCUT2D eigenvalue weighted by atomic mass is 15.4. The number of hydrogen-bond donors (Lipinski definition) is 2. The number of guanidine groups is 1.